The van der Waals surface area contributed by atoms with E-state index in [4.69, 9.17) is 0 Å². The van der Waals surface area contributed by atoms with E-state index in [2.05, 4.69) is 11.4 Å². The molecule has 0 spiro atoms. The number of hydrogen-bond donors (Lipinski definition) is 1. The standard InChI is InChI=1S/C24H20N2O/c25-17-24(15-16-24)20-11-13-21(14-12-20)26-23(27)22(18-7-3-1-4-8-18)19-9-5-2-6-10-19/h1-14,22H,15-16H2,(H,26,27). The molecule has 3 heteroatoms. The van der Waals surface area contributed by atoms with Crippen LogP contribution in [0.15, 0.2) is 84.9 Å². The van der Waals surface area contributed by atoms with Gasteiger partial charge in [0.05, 0.1) is 17.4 Å². The predicted octanol–water partition coefficient (Wildman–Crippen LogP) is 5.01. The van der Waals surface area contributed by atoms with Crippen molar-refractivity contribution in [3.8, 4) is 6.07 Å². The van der Waals surface area contributed by atoms with Crippen LogP contribution in [-0.4, -0.2) is 5.91 Å². The molecule has 3 nitrogen and oxygen atoms in total. The summed E-state index contributed by atoms with van der Waals surface area (Å²) in [6.07, 6.45) is 1.83. The fourth-order valence-electron chi connectivity index (χ4n) is 3.46. The zero-order chi connectivity index (χ0) is 18.7. The first-order chi connectivity index (χ1) is 13.2. The molecule has 3 aromatic carbocycles. The molecular weight excluding hydrogens is 332 g/mol. The van der Waals surface area contributed by atoms with Gasteiger partial charge in [-0.1, -0.05) is 72.8 Å². The molecule has 1 fully saturated rings. The van der Waals surface area contributed by atoms with E-state index in [1.54, 1.807) is 0 Å². The highest BCUT2D eigenvalue weighted by Crippen LogP contribution is 2.47. The normalized spacial score (nSPS) is 14.4. The van der Waals surface area contributed by atoms with Crippen molar-refractivity contribution in [2.75, 3.05) is 5.32 Å². The second-order valence-corrected chi connectivity index (χ2v) is 7.01. The number of amides is 1. The molecule has 1 aliphatic rings. The fourth-order valence-corrected chi connectivity index (χ4v) is 3.46. The van der Waals surface area contributed by atoms with Crippen LogP contribution in [0.25, 0.3) is 0 Å². The Morgan fingerprint density at radius 3 is 1.81 bits per heavy atom. The molecule has 132 valence electrons. The molecule has 27 heavy (non-hydrogen) atoms. The summed E-state index contributed by atoms with van der Waals surface area (Å²) >= 11 is 0. The maximum absolute atomic E-state index is 13.1. The van der Waals surface area contributed by atoms with Gasteiger partial charge in [0.1, 0.15) is 0 Å². The first kappa shape index (κ1) is 17.1. The van der Waals surface area contributed by atoms with Crippen LogP contribution in [0.3, 0.4) is 0 Å². The van der Waals surface area contributed by atoms with Crippen LogP contribution >= 0.6 is 0 Å². The van der Waals surface area contributed by atoms with Gasteiger partial charge in [0.2, 0.25) is 5.91 Å². The van der Waals surface area contributed by atoms with Crippen LogP contribution in [0, 0.1) is 11.3 Å². The lowest BCUT2D eigenvalue weighted by Gasteiger charge is -2.18. The highest BCUT2D eigenvalue weighted by molar-refractivity contribution is 5.98. The third-order valence-electron chi connectivity index (χ3n) is 5.20. The van der Waals surface area contributed by atoms with Gasteiger partial charge in [-0.25, -0.2) is 0 Å². The summed E-state index contributed by atoms with van der Waals surface area (Å²) in [6, 6.07) is 29.7. The number of nitriles is 1. The first-order valence-electron chi connectivity index (χ1n) is 9.14. The van der Waals surface area contributed by atoms with Gasteiger partial charge in [0.15, 0.2) is 0 Å². The van der Waals surface area contributed by atoms with E-state index >= 15 is 0 Å². The molecule has 4 rings (SSSR count). The van der Waals surface area contributed by atoms with Crippen molar-refractivity contribution in [3.05, 3.63) is 102 Å². The van der Waals surface area contributed by atoms with E-state index in [1.165, 1.54) is 0 Å². The van der Waals surface area contributed by atoms with Crippen molar-refractivity contribution in [2.45, 2.75) is 24.2 Å². The van der Waals surface area contributed by atoms with E-state index < -0.39 is 0 Å². The third kappa shape index (κ3) is 3.47. The summed E-state index contributed by atoms with van der Waals surface area (Å²) in [5, 5.41) is 12.4. The van der Waals surface area contributed by atoms with Crippen molar-refractivity contribution >= 4 is 11.6 Å². The average molecular weight is 352 g/mol. The van der Waals surface area contributed by atoms with E-state index in [-0.39, 0.29) is 17.2 Å². The first-order valence-corrected chi connectivity index (χ1v) is 9.14. The van der Waals surface area contributed by atoms with Gasteiger partial charge >= 0.3 is 0 Å². The zero-order valence-electron chi connectivity index (χ0n) is 14.9. The lowest BCUT2D eigenvalue weighted by molar-refractivity contribution is -0.116. The van der Waals surface area contributed by atoms with Gasteiger partial charge in [0, 0.05) is 5.69 Å². The Kier molecular flexibility index (Phi) is 4.48. The maximum Gasteiger partial charge on any atom is 0.236 e. The minimum absolute atomic E-state index is 0.0680. The van der Waals surface area contributed by atoms with E-state index in [9.17, 15) is 10.1 Å². The van der Waals surface area contributed by atoms with Crippen molar-refractivity contribution in [1.29, 1.82) is 5.26 Å². The lowest BCUT2D eigenvalue weighted by atomic mass is 9.90. The Hall–Kier alpha value is -3.38. The summed E-state index contributed by atoms with van der Waals surface area (Å²) in [5.41, 5.74) is 3.39. The number of carbonyl (C=O) groups is 1. The molecule has 0 aliphatic heterocycles. The number of carbonyl (C=O) groups excluding carboxylic acids is 1. The lowest BCUT2D eigenvalue weighted by Crippen LogP contribution is -2.22. The number of hydrogen-bond acceptors (Lipinski definition) is 2. The van der Waals surface area contributed by atoms with Crippen molar-refractivity contribution in [1.82, 2.24) is 0 Å². The van der Waals surface area contributed by atoms with E-state index in [0.717, 1.165) is 35.2 Å². The molecule has 0 bridgehead atoms. The van der Waals surface area contributed by atoms with Gasteiger partial charge in [-0.2, -0.15) is 5.26 Å². The van der Waals surface area contributed by atoms with E-state index in [1.807, 2.05) is 84.9 Å². The number of nitrogens with one attached hydrogen (secondary N) is 1. The number of anilines is 1. The highest BCUT2D eigenvalue weighted by Gasteiger charge is 2.44. The van der Waals surface area contributed by atoms with Gasteiger partial charge in [0.25, 0.3) is 0 Å². The molecule has 0 heterocycles. The van der Waals surface area contributed by atoms with Crippen molar-refractivity contribution in [2.24, 2.45) is 0 Å². The molecule has 1 saturated carbocycles. The summed E-state index contributed by atoms with van der Waals surface area (Å²) < 4.78 is 0. The quantitative estimate of drug-likeness (QED) is 0.701. The number of benzene rings is 3. The van der Waals surface area contributed by atoms with Crippen LogP contribution in [-0.2, 0) is 10.2 Å². The molecule has 0 saturated heterocycles. The van der Waals surface area contributed by atoms with E-state index in [0.29, 0.717) is 0 Å². The van der Waals surface area contributed by atoms with Gasteiger partial charge in [-0.05, 0) is 41.7 Å². The fraction of sp³-hybridized carbons (Fsp3) is 0.167. The number of rotatable bonds is 5. The Bertz CT molecular complexity index is 929. The van der Waals surface area contributed by atoms with Crippen LogP contribution in [0.5, 0.6) is 0 Å². The summed E-state index contributed by atoms with van der Waals surface area (Å²) in [7, 11) is 0. The molecular formula is C24H20N2O. The smallest absolute Gasteiger partial charge is 0.236 e. The second-order valence-electron chi connectivity index (χ2n) is 7.01. The number of nitrogens with zero attached hydrogens (tertiary/aromatic N) is 1. The predicted molar refractivity (Wildman–Crippen MR) is 106 cm³/mol. The summed E-state index contributed by atoms with van der Waals surface area (Å²) in [5.74, 6) is -0.442. The SMILES string of the molecule is N#CC1(c2ccc(NC(=O)C(c3ccccc3)c3ccccc3)cc2)CC1. The average Bonchev–Trinajstić information content (AvgIpc) is 3.52. The van der Waals surface area contributed by atoms with Crippen molar-refractivity contribution < 1.29 is 4.79 Å². The Morgan fingerprint density at radius 1 is 0.852 bits per heavy atom. The minimum atomic E-state index is -0.374. The Labute approximate surface area is 159 Å². The van der Waals surface area contributed by atoms with Crippen LogP contribution < -0.4 is 5.32 Å². The van der Waals surface area contributed by atoms with Gasteiger partial charge in [-0.15, -0.1) is 0 Å². The van der Waals surface area contributed by atoms with Crippen LogP contribution in [0.2, 0.25) is 0 Å². The largest absolute Gasteiger partial charge is 0.325 e. The third-order valence-corrected chi connectivity index (χ3v) is 5.20. The molecule has 1 aliphatic carbocycles. The Morgan fingerprint density at radius 2 is 1.37 bits per heavy atom. The summed E-state index contributed by atoms with van der Waals surface area (Å²) in [6.45, 7) is 0. The highest BCUT2D eigenvalue weighted by atomic mass is 16.1. The molecule has 0 unspecified atom stereocenters. The topological polar surface area (TPSA) is 52.9 Å². The molecule has 1 N–H and O–H groups in total. The molecule has 0 atom stereocenters. The molecule has 0 aromatic heterocycles. The Balaban J connectivity index is 1.58. The maximum atomic E-state index is 13.1. The van der Waals surface area contributed by atoms with Crippen LogP contribution in [0.4, 0.5) is 5.69 Å². The van der Waals surface area contributed by atoms with Gasteiger partial charge in [-0.3, -0.25) is 4.79 Å². The second kappa shape index (κ2) is 7.09. The minimum Gasteiger partial charge on any atom is -0.325 e. The monoisotopic (exact) mass is 352 g/mol. The molecule has 0 radical (unpaired) electrons. The summed E-state index contributed by atoms with van der Waals surface area (Å²) in [4.78, 5) is 13.1. The zero-order valence-corrected chi connectivity index (χ0v) is 14.9. The van der Waals surface area contributed by atoms with Gasteiger partial charge < -0.3 is 5.32 Å². The molecule has 3 aromatic rings. The molecule has 1 amide bonds. The van der Waals surface area contributed by atoms with Crippen molar-refractivity contribution in [3.63, 3.8) is 0 Å². The van der Waals surface area contributed by atoms with Crippen LogP contribution in [0.1, 0.15) is 35.4 Å².